The predicted molar refractivity (Wildman–Crippen MR) is 127 cm³/mol. The average Bonchev–Trinajstić information content (AvgIpc) is 3.13. The molecule has 0 saturated carbocycles. The topological polar surface area (TPSA) is 123 Å². The van der Waals surface area contributed by atoms with Gasteiger partial charge in [-0.1, -0.05) is 12.7 Å². The normalized spacial score (nSPS) is 16.8. The van der Waals surface area contributed by atoms with E-state index in [9.17, 15) is 24.8 Å². The number of non-ortho nitro benzene ring substituents is 1. The van der Waals surface area contributed by atoms with Crippen molar-refractivity contribution in [2.24, 2.45) is 0 Å². The van der Waals surface area contributed by atoms with Gasteiger partial charge < -0.3 is 14.7 Å². The molecule has 0 aliphatic carbocycles. The van der Waals surface area contributed by atoms with Gasteiger partial charge in [-0.15, -0.1) is 0 Å². The van der Waals surface area contributed by atoms with Gasteiger partial charge in [0.25, 0.3) is 17.4 Å². The van der Waals surface area contributed by atoms with Crippen molar-refractivity contribution in [3.63, 3.8) is 0 Å². The molecule has 1 aromatic heterocycles. The molecule has 1 aliphatic rings. The largest absolute Gasteiger partial charge is 0.507 e. The van der Waals surface area contributed by atoms with Crippen LogP contribution in [0.4, 0.5) is 5.69 Å². The summed E-state index contributed by atoms with van der Waals surface area (Å²) in [5, 5.41) is 22.2. The van der Waals surface area contributed by atoms with Gasteiger partial charge in [-0.25, -0.2) is 0 Å². The van der Waals surface area contributed by atoms with Crippen LogP contribution in [0.3, 0.4) is 0 Å². The molecule has 1 saturated heterocycles. The second-order valence-electron chi connectivity index (χ2n) is 7.76. The number of nitro groups is 1. The SMILES string of the molecule is C=CCOc1ccc(/C(O)=C2/C(=O)C(=O)N(Cc3ccncc3)C2c2ccc([N+](=O)[O-])cc2)cc1. The van der Waals surface area contributed by atoms with Crippen molar-refractivity contribution in [2.45, 2.75) is 12.6 Å². The number of benzene rings is 2. The van der Waals surface area contributed by atoms with E-state index in [-0.39, 0.29) is 23.6 Å². The summed E-state index contributed by atoms with van der Waals surface area (Å²) in [5.41, 5.74) is 1.28. The van der Waals surface area contributed by atoms with Crippen LogP contribution in [-0.2, 0) is 16.1 Å². The van der Waals surface area contributed by atoms with Crippen molar-refractivity contribution in [2.75, 3.05) is 6.61 Å². The fourth-order valence-corrected chi connectivity index (χ4v) is 3.87. The third-order valence-electron chi connectivity index (χ3n) is 5.56. The van der Waals surface area contributed by atoms with E-state index in [1.807, 2.05) is 0 Å². The van der Waals surface area contributed by atoms with E-state index in [0.717, 1.165) is 5.56 Å². The maximum atomic E-state index is 13.1. The maximum Gasteiger partial charge on any atom is 0.295 e. The van der Waals surface area contributed by atoms with Crippen LogP contribution in [-0.4, -0.2) is 38.2 Å². The van der Waals surface area contributed by atoms with Crippen molar-refractivity contribution in [3.05, 3.63) is 118 Å². The van der Waals surface area contributed by atoms with Crippen LogP contribution < -0.4 is 4.74 Å². The van der Waals surface area contributed by atoms with Crippen LogP contribution in [0.2, 0.25) is 0 Å². The van der Waals surface area contributed by atoms with Gasteiger partial charge in [0.1, 0.15) is 18.1 Å². The summed E-state index contributed by atoms with van der Waals surface area (Å²) >= 11 is 0. The van der Waals surface area contributed by atoms with Crippen LogP contribution in [0.15, 0.2) is 91.3 Å². The molecule has 2 heterocycles. The number of aromatic nitrogens is 1. The van der Waals surface area contributed by atoms with Gasteiger partial charge in [-0.3, -0.25) is 24.7 Å². The van der Waals surface area contributed by atoms with Gasteiger partial charge in [-0.2, -0.15) is 0 Å². The summed E-state index contributed by atoms with van der Waals surface area (Å²) in [4.78, 5) is 42.1. The number of carbonyl (C=O) groups is 2. The summed E-state index contributed by atoms with van der Waals surface area (Å²) in [7, 11) is 0. The smallest absolute Gasteiger partial charge is 0.295 e. The highest BCUT2D eigenvalue weighted by molar-refractivity contribution is 6.46. The number of nitrogens with zero attached hydrogens (tertiary/aromatic N) is 3. The number of hydrogen-bond acceptors (Lipinski definition) is 7. The predicted octanol–water partition coefficient (Wildman–Crippen LogP) is 4.18. The molecular formula is C26H21N3O6. The zero-order chi connectivity index (χ0) is 24.9. The van der Waals surface area contributed by atoms with E-state index in [0.29, 0.717) is 23.5 Å². The Kier molecular flexibility index (Phi) is 6.68. The number of aliphatic hydroxyl groups excluding tert-OH is 1. The van der Waals surface area contributed by atoms with Crippen LogP contribution in [0, 0.1) is 10.1 Å². The molecule has 1 N–H and O–H groups in total. The first kappa shape index (κ1) is 23.4. The molecule has 4 rings (SSSR count). The highest BCUT2D eigenvalue weighted by Gasteiger charge is 2.46. The van der Waals surface area contributed by atoms with Crippen molar-refractivity contribution in [1.82, 2.24) is 9.88 Å². The number of amides is 1. The first-order valence-electron chi connectivity index (χ1n) is 10.7. The van der Waals surface area contributed by atoms with E-state index >= 15 is 0 Å². The molecule has 1 aliphatic heterocycles. The Morgan fingerprint density at radius 3 is 2.34 bits per heavy atom. The highest BCUT2D eigenvalue weighted by Crippen LogP contribution is 2.40. The standard InChI is InChI=1S/C26H21N3O6/c1-2-15-35-21-9-5-19(6-10-21)24(30)22-23(18-3-7-20(8-4-18)29(33)34)28(26(32)25(22)31)16-17-11-13-27-14-12-17/h2-14,23,30H,1,15-16H2/b24-22-. The van der Waals surface area contributed by atoms with E-state index < -0.39 is 22.7 Å². The van der Waals surface area contributed by atoms with E-state index in [4.69, 9.17) is 4.74 Å². The number of rotatable bonds is 8. The molecule has 3 aromatic rings. The number of ketones is 1. The van der Waals surface area contributed by atoms with Gasteiger partial charge in [0.2, 0.25) is 0 Å². The summed E-state index contributed by atoms with van der Waals surface area (Å²) in [5.74, 6) is -1.42. The zero-order valence-electron chi connectivity index (χ0n) is 18.5. The molecule has 1 amide bonds. The lowest BCUT2D eigenvalue weighted by Crippen LogP contribution is -2.29. The minimum absolute atomic E-state index is 0.0832. The zero-order valence-corrected chi connectivity index (χ0v) is 18.5. The molecule has 176 valence electrons. The minimum atomic E-state index is -0.944. The van der Waals surface area contributed by atoms with Crippen LogP contribution in [0.25, 0.3) is 5.76 Å². The summed E-state index contributed by atoms with van der Waals surface area (Å²) in [6, 6.07) is 14.5. The Bertz CT molecular complexity index is 1300. The van der Waals surface area contributed by atoms with Gasteiger partial charge >= 0.3 is 0 Å². The highest BCUT2D eigenvalue weighted by atomic mass is 16.6. The number of pyridine rings is 1. The fraction of sp³-hybridized carbons (Fsp3) is 0.115. The molecular weight excluding hydrogens is 450 g/mol. The Labute approximate surface area is 200 Å². The van der Waals surface area contributed by atoms with Crippen molar-refractivity contribution < 1.29 is 24.4 Å². The Morgan fingerprint density at radius 1 is 1.09 bits per heavy atom. The van der Waals surface area contributed by atoms with E-state index in [1.165, 1.54) is 29.2 Å². The molecule has 2 aromatic carbocycles. The number of nitro benzene ring substituents is 1. The van der Waals surface area contributed by atoms with Gasteiger partial charge in [0.15, 0.2) is 0 Å². The van der Waals surface area contributed by atoms with Crippen LogP contribution >= 0.6 is 0 Å². The van der Waals surface area contributed by atoms with E-state index in [1.54, 1.807) is 54.9 Å². The summed E-state index contributed by atoms with van der Waals surface area (Å²) < 4.78 is 5.45. The molecule has 0 radical (unpaired) electrons. The number of Topliss-reactive ketones (excluding diaryl/α,β-unsaturated/α-hetero) is 1. The van der Waals surface area contributed by atoms with Crippen LogP contribution in [0.5, 0.6) is 5.75 Å². The molecule has 9 nitrogen and oxygen atoms in total. The molecule has 0 spiro atoms. The molecule has 9 heteroatoms. The summed E-state index contributed by atoms with van der Waals surface area (Å²) in [6.45, 7) is 3.99. The second kappa shape index (κ2) is 10.0. The van der Waals surface area contributed by atoms with Crippen molar-refractivity contribution in [3.8, 4) is 5.75 Å². The van der Waals surface area contributed by atoms with Crippen molar-refractivity contribution >= 4 is 23.1 Å². The third kappa shape index (κ3) is 4.79. The molecule has 0 bridgehead atoms. The molecule has 1 unspecified atom stereocenters. The lowest BCUT2D eigenvalue weighted by Gasteiger charge is -2.25. The Morgan fingerprint density at radius 2 is 1.74 bits per heavy atom. The lowest BCUT2D eigenvalue weighted by molar-refractivity contribution is -0.384. The first-order valence-corrected chi connectivity index (χ1v) is 10.7. The van der Waals surface area contributed by atoms with E-state index in [2.05, 4.69) is 11.6 Å². The third-order valence-corrected chi connectivity index (χ3v) is 5.56. The minimum Gasteiger partial charge on any atom is -0.507 e. The van der Waals surface area contributed by atoms with Crippen molar-refractivity contribution in [1.29, 1.82) is 0 Å². The van der Waals surface area contributed by atoms with Crippen LogP contribution in [0.1, 0.15) is 22.7 Å². The monoisotopic (exact) mass is 471 g/mol. The number of aliphatic hydroxyl groups is 1. The summed E-state index contributed by atoms with van der Waals surface area (Å²) in [6.07, 6.45) is 4.74. The lowest BCUT2D eigenvalue weighted by atomic mass is 9.95. The maximum absolute atomic E-state index is 13.1. The number of likely N-dealkylation sites (tertiary alicyclic amines) is 1. The molecule has 1 atom stereocenters. The fourth-order valence-electron chi connectivity index (χ4n) is 3.87. The van der Waals surface area contributed by atoms with Gasteiger partial charge in [0.05, 0.1) is 16.5 Å². The Hall–Kier alpha value is -4.79. The second-order valence-corrected chi connectivity index (χ2v) is 7.76. The Balaban J connectivity index is 1.79. The molecule has 35 heavy (non-hydrogen) atoms. The quantitative estimate of drug-likeness (QED) is 0.131. The van der Waals surface area contributed by atoms with Gasteiger partial charge in [0, 0.05) is 36.6 Å². The average molecular weight is 471 g/mol. The van der Waals surface area contributed by atoms with Gasteiger partial charge in [-0.05, 0) is 59.7 Å². The number of hydrogen-bond donors (Lipinski definition) is 1. The molecule has 1 fully saturated rings. The first-order chi connectivity index (χ1) is 16.9. The number of ether oxygens (including phenoxy) is 1. The number of carbonyl (C=O) groups excluding carboxylic acids is 2.